The lowest BCUT2D eigenvalue weighted by atomic mass is 10.1. The first kappa shape index (κ1) is 21.9. The molecule has 0 radical (unpaired) electrons. The van der Waals surface area contributed by atoms with Crippen LogP contribution in [-0.2, 0) is 6.54 Å². The molecule has 0 bridgehead atoms. The molecule has 0 fully saturated rings. The number of hydrogen-bond donors (Lipinski definition) is 2. The summed E-state index contributed by atoms with van der Waals surface area (Å²) in [5.74, 6) is -1.68. The van der Waals surface area contributed by atoms with E-state index in [2.05, 4.69) is 10.5 Å². The summed E-state index contributed by atoms with van der Waals surface area (Å²) in [6.07, 6.45) is 1.21. The van der Waals surface area contributed by atoms with Gasteiger partial charge in [0.2, 0.25) is 0 Å². The van der Waals surface area contributed by atoms with E-state index in [-0.39, 0.29) is 33.4 Å². The number of hydrogen-bond acceptors (Lipinski definition) is 7. The summed E-state index contributed by atoms with van der Waals surface area (Å²) < 4.78 is 1.26. The normalized spacial score (nSPS) is 10.9. The lowest BCUT2D eigenvalue weighted by Gasteiger charge is -2.05. The minimum absolute atomic E-state index is 0.0677. The zero-order valence-corrected chi connectivity index (χ0v) is 17.1. The maximum atomic E-state index is 12.3. The van der Waals surface area contributed by atoms with Crippen LogP contribution in [0.15, 0.2) is 58.4 Å². The molecule has 2 aromatic carbocycles. The van der Waals surface area contributed by atoms with Crippen molar-refractivity contribution in [2.75, 3.05) is 0 Å². The highest BCUT2D eigenvalue weighted by atomic mass is 35.5. The SMILES string of the molecule is O=C(O)c1cccc(Cn2c(Cl)c(C=NNC(=O)c3ccc([N+](=O)[O-])cc3)sc2=O)c1. The van der Waals surface area contributed by atoms with Crippen molar-refractivity contribution in [1.29, 1.82) is 0 Å². The number of nitro groups is 1. The Morgan fingerprint density at radius 3 is 2.58 bits per heavy atom. The van der Waals surface area contributed by atoms with Crippen molar-refractivity contribution in [3.8, 4) is 0 Å². The number of halogens is 1. The fourth-order valence-electron chi connectivity index (χ4n) is 2.55. The van der Waals surface area contributed by atoms with Gasteiger partial charge in [-0.2, -0.15) is 5.10 Å². The summed E-state index contributed by atoms with van der Waals surface area (Å²) in [7, 11) is 0. The number of aromatic carboxylic acids is 1. The highest BCUT2D eigenvalue weighted by Crippen LogP contribution is 2.19. The maximum absolute atomic E-state index is 12.3. The fraction of sp³-hybridized carbons (Fsp3) is 0.0526. The highest BCUT2D eigenvalue weighted by molar-refractivity contribution is 7.11. The second-order valence-electron chi connectivity index (χ2n) is 6.12. The third-order valence-corrected chi connectivity index (χ3v) is 5.49. The predicted molar refractivity (Wildman–Crippen MR) is 114 cm³/mol. The number of amides is 1. The molecule has 158 valence electrons. The van der Waals surface area contributed by atoms with Crippen LogP contribution in [0.2, 0.25) is 5.15 Å². The molecule has 10 nitrogen and oxygen atoms in total. The molecule has 1 heterocycles. The Bertz CT molecular complexity index is 1250. The molecule has 3 rings (SSSR count). The molecule has 0 saturated heterocycles. The Kier molecular flexibility index (Phi) is 6.58. The quantitative estimate of drug-likeness (QED) is 0.315. The number of carboxylic acids is 1. The molecule has 0 aliphatic heterocycles. The number of carboxylic acid groups (broad SMARTS) is 1. The minimum Gasteiger partial charge on any atom is -0.478 e. The maximum Gasteiger partial charge on any atom is 0.335 e. The number of aromatic nitrogens is 1. The number of nitrogens with one attached hydrogen (secondary N) is 1. The third-order valence-electron chi connectivity index (χ3n) is 4.06. The van der Waals surface area contributed by atoms with Gasteiger partial charge in [-0.1, -0.05) is 35.1 Å². The van der Waals surface area contributed by atoms with Gasteiger partial charge >= 0.3 is 10.8 Å². The van der Waals surface area contributed by atoms with E-state index < -0.39 is 16.8 Å². The van der Waals surface area contributed by atoms with Crippen LogP contribution in [0.4, 0.5) is 5.69 Å². The number of non-ortho nitro benzene ring substituents is 1. The number of thiazole rings is 1. The number of nitro benzene ring substituents is 1. The zero-order chi connectivity index (χ0) is 22.5. The molecule has 0 aliphatic rings. The van der Waals surface area contributed by atoms with E-state index >= 15 is 0 Å². The molecule has 0 unspecified atom stereocenters. The molecule has 0 aliphatic carbocycles. The summed E-state index contributed by atoms with van der Waals surface area (Å²) in [5.41, 5.74) is 2.94. The van der Waals surface area contributed by atoms with E-state index in [9.17, 15) is 24.5 Å². The van der Waals surface area contributed by atoms with Gasteiger partial charge in [-0.3, -0.25) is 24.3 Å². The van der Waals surface area contributed by atoms with Gasteiger partial charge < -0.3 is 5.11 Å². The minimum atomic E-state index is -1.08. The summed E-state index contributed by atoms with van der Waals surface area (Å²) in [5, 5.41) is 23.6. The summed E-state index contributed by atoms with van der Waals surface area (Å²) >= 11 is 7.06. The highest BCUT2D eigenvalue weighted by Gasteiger charge is 2.13. The van der Waals surface area contributed by atoms with E-state index in [1.807, 2.05) is 0 Å². The number of benzene rings is 2. The second-order valence-corrected chi connectivity index (χ2v) is 7.47. The molecule has 1 amide bonds. The molecule has 0 saturated carbocycles. The molecule has 0 atom stereocenters. The molecular weight excluding hydrogens is 448 g/mol. The molecule has 31 heavy (non-hydrogen) atoms. The van der Waals surface area contributed by atoms with Gasteiger partial charge in [-0.25, -0.2) is 10.2 Å². The number of nitrogens with zero attached hydrogens (tertiary/aromatic N) is 3. The van der Waals surface area contributed by atoms with Gasteiger partial charge in [-0.15, -0.1) is 0 Å². The second kappa shape index (κ2) is 9.32. The van der Waals surface area contributed by atoms with E-state index in [0.717, 1.165) is 11.3 Å². The van der Waals surface area contributed by atoms with Crippen molar-refractivity contribution in [3.63, 3.8) is 0 Å². The van der Waals surface area contributed by atoms with Crippen LogP contribution in [0.5, 0.6) is 0 Å². The topological polar surface area (TPSA) is 144 Å². The van der Waals surface area contributed by atoms with Crippen molar-refractivity contribution < 1.29 is 19.6 Å². The van der Waals surface area contributed by atoms with Crippen LogP contribution in [0.25, 0.3) is 0 Å². The van der Waals surface area contributed by atoms with Crippen LogP contribution < -0.4 is 10.3 Å². The lowest BCUT2D eigenvalue weighted by molar-refractivity contribution is -0.384. The molecular formula is C19H13ClN4O6S. The molecule has 1 aromatic heterocycles. The zero-order valence-electron chi connectivity index (χ0n) is 15.5. The number of hydrazone groups is 1. The summed E-state index contributed by atoms with van der Waals surface area (Å²) in [6.45, 7) is 0.0677. The first-order chi connectivity index (χ1) is 14.8. The molecule has 2 N–H and O–H groups in total. The van der Waals surface area contributed by atoms with Gasteiger partial charge in [-0.05, 0) is 29.8 Å². The van der Waals surface area contributed by atoms with Gasteiger partial charge in [0.05, 0.1) is 28.1 Å². The number of carbonyl (C=O) groups excluding carboxylic acids is 1. The predicted octanol–water partition coefficient (Wildman–Crippen LogP) is 2.98. The molecule has 0 spiro atoms. The third kappa shape index (κ3) is 5.21. The van der Waals surface area contributed by atoms with Crippen molar-refractivity contribution in [3.05, 3.63) is 95.0 Å². The van der Waals surface area contributed by atoms with Crippen LogP contribution in [-0.4, -0.2) is 32.7 Å². The Morgan fingerprint density at radius 2 is 1.94 bits per heavy atom. The van der Waals surface area contributed by atoms with Crippen molar-refractivity contribution in [2.24, 2.45) is 5.10 Å². The van der Waals surface area contributed by atoms with Crippen molar-refractivity contribution in [1.82, 2.24) is 9.99 Å². The van der Waals surface area contributed by atoms with Crippen LogP contribution in [0.1, 0.15) is 31.2 Å². The largest absolute Gasteiger partial charge is 0.478 e. The van der Waals surface area contributed by atoms with Gasteiger partial charge in [0, 0.05) is 17.7 Å². The molecule has 12 heteroatoms. The Balaban J connectivity index is 1.71. The van der Waals surface area contributed by atoms with Gasteiger partial charge in [0.1, 0.15) is 5.15 Å². The fourth-order valence-corrected chi connectivity index (χ4v) is 3.66. The van der Waals surface area contributed by atoms with E-state index in [0.29, 0.717) is 10.4 Å². The Morgan fingerprint density at radius 1 is 1.23 bits per heavy atom. The number of rotatable bonds is 7. The van der Waals surface area contributed by atoms with Crippen LogP contribution in [0.3, 0.4) is 0 Å². The summed E-state index contributed by atoms with van der Waals surface area (Å²) in [6, 6.07) is 11.1. The standard InChI is InChI=1S/C19H13ClN4O6S/c20-16-15(9-21-22-17(25)12-4-6-14(7-5-12)24(29)30)31-19(28)23(16)10-11-2-1-3-13(8-11)18(26)27/h1-9H,10H2,(H,22,25)(H,26,27). The van der Waals surface area contributed by atoms with Crippen LogP contribution >= 0.6 is 22.9 Å². The average molecular weight is 461 g/mol. The van der Waals surface area contributed by atoms with Gasteiger partial charge in [0.15, 0.2) is 0 Å². The molecule has 3 aromatic rings. The summed E-state index contributed by atoms with van der Waals surface area (Å²) in [4.78, 5) is 45.4. The van der Waals surface area contributed by atoms with E-state index in [4.69, 9.17) is 16.7 Å². The van der Waals surface area contributed by atoms with Gasteiger partial charge in [0.25, 0.3) is 11.6 Å². The monoisotopic (exact) mass is 460 g/mol. The lowest BCUT2D eigenvalue weighted by Crippen LogP contribution is -2.17. The van der Waals surface area contributed by atoms with Crippen LogP contribution in [0, 0.1) is 10.1 Å². The van der Waals surface area contributed by atoms with Crippen molar-refractivity contribution >= 4 is 46.7 Å². The van der Waals surface area contributed by atoms with Crippen molar-refractivity contribution in [2.45, 2.75) is 6.54 Å². The number of carbonyl (C=O) groups is 2. The average Bonchev–Trinajstić information content (AvgIpc) is 3.01. The Hall–Kier alpha value is -3.83. The van der Waals surface area contributed by atoms with E-state index in [1.165, 1.54) is 47.2 Å². The van der Waals surface area contributed by atoms with E-state index in [1.54, 1.807) is 12.1 Å². The Labute approximate surface area is 183 Å². The first-order valence-corrected chi connectivity index (χ1v) is 9.75. The first-order valence-electron chi connectivity index (χ1n) is 8.55. The smallest absolute Gasteiger partial charge is 0.335 e.